The summed E-state index contributed by atoms with van der Waals surface area (Å²) in [6.07, 6.45) is 0. The summed E-state index contributed by atoms with van der Waals surface area (Å²) in [5.41, 5.74) is 5.35. The van der Waals surface area contributed by atoms with Gasteiger partial charge in [0.05, 0.1) is 0 Å². The Kier molecular flexibility index (Phi) is 2.18. The summed E-state index contributed by atoms with van der Waals surface area (Å²) in [6, 6.07) is 31.3. The van der Waals surface area contributed by atoms with Crippen LogP contribution in [0.4, 0.5) is 0 Å². The first-order chi connectivity index (χ1) is 11.9. The lowest BCUT2D eigenvalue weighted by molar-refractivity contribution is 1.70. The minimum atomic E-state index is 1.30. The molecule has 2 bridgehead atoms. The van der Waals surface area contributed by atoms with E-state index in [-0.39, 0.29) is 0 Å². The highest BCUT2D eigenvalue weighted by Gasteiger charge is 2.17. The van der Waals surface area contributed by atoms with Crippen molar-refractivity contribution in [2.45, 2.75) is 0 Å². The van der Waals surface area contributed by atoms with Crippen LogP contribution in [0.15, 0.2) is 84.9 Å². The average Bonchev–Trinajstić information content (AvgIpc) is 2.89. The molecule has 5 aromatic rings. The van der Waals surface area contributed by atoms with Crippen LogP contribution in [0.3, 0.4) is 0 Å². The third-order valence-electron chi connectivity index (χ3n) is 5.33. The summed E-state index contributed by atoms with van der Waals surface area (Å²) >= 11 is 0. The number of rotatable bonds is 0. The van der Waals surface area contributed by atoms with E-state index in [9.17, 15) is 0 Å². The lowest BCUT2D eigenvalue weighted by Crippen LogP contribution is -1.86. The smallest absolute Gasteiger partial charge is 0.00203 e. The zero-order valence-electron chi connectivity index (χ0n) is 13.1. The lowest BCUT2D eigenvalue weighted by Gasteiger charge is -2.13. The van der Waals surface area contributed by atoms with Gasteiger partial charge in [-0.05, 0) is 72.8 Å². The molecule has 0 atom stereocenters. The Bertz CT molecular complexity index is 1270. The summed E-state index contributed by atoms with van der Waals surface area (Å²) in [7, 11) is 0. The van der Waals surface area contributed by atoms with Crippen LogP contribution >= 0.6 is 0 Å². The van der Waals surface area contributed by atoms with Crippen molar-refractivity contribution >= 4 is 32.3 Å². The maximum Gasteiger partial charge on any atom is -0.00203 e. The van der Waals surface area contributed by atoms with E-state index in [2.05, 4.69) is 84.9 Å². The van der Waals surface area contributed by atoms with Crippen molar-refractivity contribution in [1.29, 1.82) is 0 Å². The molecule has 0 heteroatoms. The molecular weight excluding hydrogens is 288 g/mol. The Morgan fingerprint density at radius 2 is 1.12 bits per heavy atom. The first kappa shape index (κ1) is 12.3. The van der Waals surface area contributed by atoms with Crippen molar-refractivity contribution in [2.24, 2.45) is 0 Å². The van der Waals surface area contributed by atoms with Crippen LogP contribution in [-0.4, -0.2) is 0 Å². The van der Waals surface area contributed by atoms with Crippen LogP contribution in [0.25, 0.3) is 54.6 Å². The average molecular weight is 302 g/mol. The fraction of sp³-hybridized carbons (Fsp3) is 0. The van der Waals surface area contributed by atoms with Gasteiger partial charge < -0.3 is 0 Å². The van der Waals surface area contributed by atoms with Gasteiger partial charge in [-0.1, -0.05) is 66.7 Å². The van der Waals surface area contributed by atoms with Gasteiger partial charge in [0.2, 0.25) is 0 Å². The van der Waals surface area contributed by atoms with Gasteiger partial charge in [0.15, 0.2) is 0 Å². The molecule has 0 spiro atoms. The van der Waals surface area contributed by atoms with Crippen LogP contribution in [0.1, 0.15) is 0 Å². The van der Waals surface area contributed by atoms with Crippen molar-refractivity contribution in [3.63, 3.8) is 0 Å². The number of benzene rings is 5. The van der Waals surface area contributed by atoms with Crippen LogP contribution in [0.2, 0.25) is 0 Å². The molecule has 24 heavy (non-hydrogen) atoms. The van der Waals surface area contributed by atoms with Gasteiger partial charge in [-0.2, -0.15) is 0 Å². The topological polar surface area (TPSA) is 0 Å². The Morgan fingerprint density at radius 1 is 0.458 bits per heavy atom. The number of fused-ring (bicyclic) bond motifs is 4. The van der Waals surface area contributed by atoms with Crippen molar-refractivity contribution in [3.05, 3.63) is 84.9 Å². The van der Waals surface area contributed by atoms with Gasteiger partial charge in [0, 0.05) is 0 Å². The molecule has 2 aliphatic carbocycles. The molecule has 0 unspecified atom stereocenters. The molecule has 0 amide bonds. The predicted molar refractivity (Wildman–Crippen MR) is 103 cm³/mol. The molecule has 110 valence electrons. The number of hydrogen-bond acceptors (Lipinski definition) is 0. The second-order valence-electron chi connectivity index (χ2n) is 6.65. The van der Waals surface area contributed by atoms with E-state index in [1.807, 2.05) is 0 Å². The maximum absolute atomic E-state index is 2.36. The summed E-state index contributed by atoms with van der Waals surface area (Å²) in [5.74, 6) is 0. The quantitative estimate of drug-likeness (QED) is 0.271. The van der Waals surface area contributed by atoms with E-state index in [0.29, 0.717) is 0 Å². The molecule has 0 fully saturated rings. The first-order valence-electron chi connectivity index (χ1n) is 8.37. The summed E-state index contributed by atoms with van der Waals surface area (Å²) in [5, 5.41) is 7.99. The van der Waals surface area contributed by atoms with Crippen molar-refractivity contribution in [1.82, 2.24) is 0 Å². The molecule has 0 radical (unpaired) electrons. The van der Waals surface area contributed by atoms with E-state index in [1.165, 1.54) is 54.6 Å². The van der Waals surface area contributed by atoms with Crippen LogP contribution in [-0.2, 0) is 0 Å². The van der Waals surface area contributed by atoms with Crippen LogP contribution in [0, 0.1) is 0 Å². The van der Waals surface area contributed by atoms with Gasteiger partial charge in [0.1, 0.15) is 0 Å². The van der Waals surface area contributed by atoms with E-state index in [4.69, 9.17) is 0 Å². The molecule has 0 saturated carbocycles. The molecule has 0 saturated heterocycles. The Morgan fingerprint density at radius 3 is 1.96 bits per heavy atom. The van der Waals surface area contributed by atoms with Gasteiger partial charge in [-0.15, -0.1) is 0 Å². The first-order valence-corrected chi connectivity index (χ1v) is 8.37. The van der Waals surface area contributed by atoms with Crippen molar-refractivity contribution in [3.8, 4) is 22.3 Å². The van der Waals surface area contributed by atoms with E-state index < -0.39 is 0 Å². The molecule has 7 rings (SSSR count). The summed E-state index contributed by atoms with van der Waals surface area (Å²) in [4.78, 5) is 0. The molecule has 2 aliphatic rings. The molecule has 0 aliphatic heterocycles. The van der Waals surface area contributed by atoms with Crippen LogP contribution in [0.5, 0.6) is 0 Å². The predicted octanol–water partition coefficient (Wildman–Crippen LogP) is 6.79. The molecule has 0 nitrogen and oxygen atoms in total. The second kappa shape index (κ2) is 4.24. The Balaban J connectivity index is 1.95. The standard InChI is InChI=1S/C24H14/c1-2-5-18-14-22-20(12-17(18)4-1)13-19-6-3-7-21-15-8-10-16(11-9-15)23(22)24(19)21/h1-14H. The third-order valence-corrected chi connectivity index (χ3v) is 5.33. The van der Waals surface area contributed by atoms with E-state index in [0.717, 1.165) is 0 Å². The highest BCUT2D eigenvalue weighted by atomic mass is 14.2. The monoisotopic (exact) mass is 302 g/mol. The summed E-state index contributed by atoms with van der Waals surface area (Å²) in [6.45, 7) is 0. The van der Waals surface area contributed by atoms with Gasteiger partial charge >= 0.3 is 0 Å². The minimum Gasteiger partial charge on any atom is -0.0616 e. The van der Waals surface area contributed by atoms with Gasteiger partial charge in [-0.3, -0.25) is 0 Å². The Hall–Kier alpha value is -3.12. The van der Waals surface area contributed by atoms with Gasteiger partial charge in [-0.25, -0.2) is 0 Å². The molecule has 5 aromatic carbocycles. The number of hydrogen-bond donors (Lipinski definition) is 0. The molecular formula is C24H14. The lowest BCUT2D eigenvalue weighted by atomic mass is 9.90. The van der Waals surface area contributed by atoms with E-state index in [1.54, 1.807) is 0 Å². The summed E-state index contributed by atoms with van der Waals surface area (Å²) < 4.78 is 0. The van der Waals surface area contributed by atoms with Crippen LogP contribution < -0.4 is 0 Å². The zero-order chi connectivity index (χ0) is 15.7. The fourth-order valence-electron chi connectivity index (χ4n) is 4.22. The second-order valence-corrected chi connectivity index (χ2v) is 6.65. The third kappa shape index (κ3) is 1.48. The van der Waals surface area contributed by atoms with Gasteiger partial charge in [0.25, 0.3) is 0 Å². The highest BCUT2D eigenvalue weighted by Crippen LogP contribution is 2.45. The highest BCUT2D eigenvalue weighted by molar-refractivity contribution is 6.20. The molecule has 0 heterocycles. The molecule has 0 N–H and O–H groups in total. The largest absolute Gasteiger partial charge is 0.0616 e. The molecule has 0 aromatic heterocycles. The van der Waals surface area contributed by atoms with Crippen molar-refractivity contribution < 1.29 is 0 Å². The Labute approximate surface area is 140 Å². The van der Waals surface area contributed by atoms with Crippen molar-refractivity contribution in [2.75, 3.05) is 0 Å². The SMILES string of the molecule is c1ccc2cc3c4c5c(cccc5cc3cc2c1)-c1ccc-4cc1. The maximum atomic E-state index is 2.36. The zero-order valence-corrected chi connectivity index (χ0v) is 13.1. The normalized spacial score (nSPS) is 12.2. The van der Waals surface area contributed by atoms with E-state index >= 15 is 0 Å². The minimum absolute atomic E-state index is 1.30. The fourth-order valence-corrected chi connectivity index (χ4v) is 4.22.